The maximum Gasteiger partial charge on any atom is 0.118 e. The van der Waals surface area contributed by atoms with E-state index in [1.54, 1.807) is 7.11 Å². The lowest BCUT2D eigenvalue weighted by atomic mass is 9.93. The van der Waals surface area contributed by atoms with Crippen LogP contribution in [0, 0.1) is 6.92 Å². The molecule has 112 valence electrons. The van der Waals surface area contributed by atoms with Gasteiger partial charge in [0.05, 0.1) is 19.3 Å². The largest absolute Gasteiger partial charge is 0.497 e. The third-order valence-electron chi connectivity index (χ3n) is 4.37. The van der Waals surface area contributed by atoms with Crippen molar-refractivity contribution in [3.8, 4) is 5.75 Å². The summed E-state index contributed by atoms with van der Waals surface area (Å²) in [4.78, 5) is 0. The van der Waals surface area contributed by atoms with E-state index in [-0.39, 0.29) is 0 Å². The van der Waals surface area contributed by atoms with E-state index >= 15 is 0 Å². The summed E-state index contributed by atoms with van der Waals surface area (Å²) < 4.78 is 7.37. The van der Waals surface area contributed by atoms with Gasteiger partial charge in [-0.1, -0.05) is 12.1 Å². The van der Waals surface area contributed by atoms with Crippen molar-refractivity contribution < 1.29 is 4.74 Å². The van der Waals surface area contributed by atoms with Crippen LogP contribution in [0.3, 0.4) is 0 Å². The summed E-state index contributed by atoms with van der Waals surface area (Å²) in [5.41, 5.74) is 3.87. The summed E-state index contributed by atoms with van der Waals surface area (Å²) in [7, 11) is 1.69. The Morgan fingerprint density at radius 1 is 1.24 bits per heavy atom. The van der Waals surface area contributed by atoms with Gasteiger partial charge in [0.25, 0.3) is 0 Å². The number of aromatic nitrogens is 2. The van der Waals surface area contributed by atoms with Gasteiger partial charge in [-0.3, -0.25) is 4.68 Å². The Labute approximate surface area is 126 Å². The second-order valence-electron chi connectivity index (χ2n) is 5.74. The lowest BCUT2D eigenvalue weighted by Crippen LogP contribution is -2.20. The highest BCUT2D eigenvalue weighted by atomic mass is 16.5. The van der Waals surface area contributed by atoms with Gasteiger partial charge in [-0.15, -0.1) is 0 Å². The highest BCUT2D eigenvalue weighted by molar-refractivity contribution is 5.27. The predicted octanol–water partition coefficient (Wildman–Crippen LogP) is 3.21. The average Bonchev–Trinajstić information content (AvgIpc) is 2.80. The van der Waals surface area contributed by atoms with Gasteiger partial charge < -0.3 is 10.1 Å². The molecule has 21 heavy (non-hydrogen) atoms. The Balaban J connectivity index is 1.53. The first-order chi connectivity index (χ1) is 10.3. The third kappa shape index (κ3) is 3.10. The summed E-state index contributed by atoms with van der Waals surface area (Å²) in [6, 6.07) is 8.82. The topological polar surface area (TPSA) is 39.1 Å². The van der Waals surface area contributed by atoms with E-state index in [0.29, 0.717) is 6.04 Å². The van der Waals surface area contributed by atoms with Crippen LogP contribution in [0.5, 0.6) is 5.75 Å². The molecule has 1 fully saturated rings. The van der Waals surface area contributed by atoms with Crippen molar-refractivity contribution in [2.24, 2.45) is 0 Å². The lowest BCUT2D eigenvalue weighted by Gasteiger charge is -2.27. The number of nitrogens with zero attached hydrogens (tertiary/aromatic N) is 2. The number of methoxy groups -OCH3 is 1. The zero-order valence-corrected chi connectivity index (χ0v) is 12.8. The fourth-order valence-electron chi connectivity index (χ4n) is 2.72. The molecule has 1 aromatic carbocycles. The molecule has 1 aromatic heterocycles. The van der Waals surface area contributed by atoms with Crippen molar-refractivity contribution in [1.82, 2.24) is 15.1 Å². The molecule has 1 aliphatic rings. The van der Waals surface area contributed by atoms with E-state index in [1.807, 2.05) is 18.3 Å². The van der Waals surface area contributed by atoms with Crippen molar-refractivity contribution in [2.75, 3.05) is 7.11 Å². The molecule has 0 radical (unpaired) electrons. The standard InChI is InChI=1S/C17H23N3O/c1-13-15(12-19-20(13)16-4-3-5-16)11-18-10-14-6-8-17(21-2)9-7-14/h6-9,12,16,18H,3-5,10-11H2,1-2H3. The van der Waals surface area contributed by atoms with Gasteiger partial charge in [0, 0.05) is 24.3 Å². The summed E-state index contributed by atoms with van der Waals surface area (Å²) in [6.07, 6.45) is 5.91. The van der Waals surface area contributed by atoms with Crippen LogP contribution in [0.25, 0.3) is 0 Å². The monoisotopic (exact) mass is 285 g/mol. The SMILES string of the molecule is COc1ccc(CNCc2cnn(C3CCC3)c2C)cc1. The van der Waals surface area contributed by atoms with Gasteiger partial charge in [0.2, 0.25) is 0 Å². The number of ether oxygens (including phenoxy) is 1. The van der Waals surface area contributed by atoms with Crippen LogP contribution in [0.1, 0.15) is 42.1 Å². The van der Waals surface area contributed by atoms with Gasteiger partial charge in [-0.25, -0.2) is 0 Å². The number of rotatable bonds is 6. The summed E-state index contributed by atoms with van der Waals surface area (Å²) in [5, 5.41) is 8.04. The van der Waals surface area contributed by atoms with Gasteiger partial charge in [-0.05, 0) is 43.9 Å². The van der Waals surface area contributed by atoms with Crippen LogP contribution in [-0.2, 0) is 13.1 Å². The quantitative estimate of drug-likeness (QED) is 0.885. The van der Waals surface area contributed by atoms with Crippen LogP contribution in [-0.4, -0.2) is 16.9 Å². The number of hydrogen-bond donors (Lipinski definition) is 1. The molecule has 0 aliphatic heterocycles. The zero-order valence-electron chi connectivity index (χ0n) is 12.8. The van der Waals surface area contributed by atoms with Crippen molar-refractivity contribution >= 4 is 0 Å². The van der Waals surface area contributed by atoms with Crippen molar-refractivity contribution in [3.63, 3.8) is 0 Å². The van der Waals surface area contributed by atoms with Crippen molar-refractivity contribution in [1.29, 1.82) is 0 Å². The Kier molecular flexibility index (Phi) is 4.25. The van der Waals surface area contributed by atoms with E-state index in [2.05, 4.69) is 34.2 Å². The Morgan fingerprint density at radius 2 is 2.00 bits per heavy atom. The van der Waals surface area contributed by atoms with E-state index in [9.17, 15) is 0 Å². The molecule has 0 amide bonds. The molecule has 2 aromatic rings. The van der Waals surface area contributed by atoms with Crippen LogP contribution in [0.2, 0.25) is 0 Å². The minimum Gasteiger partial charge on any atom is -0.497 e. The smallest absolute Gasteiger partial charge is 0.118 e. The van der Waals surface area contributed by atoms with E-state index in [1.165, 1.54) is 36.1 Å². The number of hydrogen-bond acceptors (Lipinski definition) is 3. The molecule has 1 aliphatic carbocycles. The van der Waals surface area contributed by atoms with E-state index < -0.39 is 0 Å². The van der Waals surface area contributed by atoms with E-state index in [0.717, 1.165) is 18.8 Å². The van der Waals surface area contributed by atoms with Crippen molar-refractivity contribution in [2.45, 2.75) is 45.3 Å². The summed E-state index contributed by atoms with van der Waals surface area (Å²) in [5.74, 6) is 0.899. The molecule has 0 spiro atoms. The van der Waals surface area contributed by atoms with Crippen LogP contribution >= 0.6 is 0 Å². The molecule has 1 saturated carbocycles. The van der Waals surface area contributed by atoms with Crippen LogP contribution < -0.4 is 10.1 Å². The number of nitrogens with one attached hydrogen (secondary N) is 1. The zero-order chi connectivity index (χ0) is 14.7. The van der Waals surface area contributed by atoms with Crippen LogP contribution in [0.15, 0.2) is 30.5 Å². The van der Waals surface area contributed by atoms with Gasteiger partial charge in [-0.2, -0.15) is 5.10 Å². The predicted molar refractivity (Wildman–Crippen MR) is 83.4 cm³/mol. The first kappa shape index (κ1) is 14.1. The maximum atomic E-state index is 5.17. The fraction of sp³-hybridized carbons (Fsp3) is 0.471. The molecular formula is C17H23N3O. The lowest BCUT2D eigenvalue weighted by molar-refractivity contribution is 0.284. The first-order valence-electron chi connectivity index (χ1n) is 7.64. The third-order valence-corrected chi connectivity index (χ3v) is 4.37. The molecule has 0 unspecified atom stereocenters. The molecule has 3 rings (SSSR count). The Bertz CT molecular complexity index is 585. The molecule has 4 nitrogen and oxygen atoms in total. The van der Waals surface area contributed by atoms with Crippen molar-refractivity contribution in [3.05, 3.63) is 47.3 Å². The molecule has 4 heteroatoms. The number of benzene rings is 1. The van der Waals surface area contributed by atoms with Gasteiger partial charge >= 0.3 is 0 Å². The molecular weight excluding hydrogens is 262 g/mol. The maximum absolute atomic E-state index is 5.17. The Hall–Kier alpha value is -1.81. The minimum atomic E-state index is 0.639. The second kappa shape index (κ2) is 6.31. The van der Waals surface area contributed by atoms with Gasteiger partial charge in [0.1, 0.15) is 5.75 Å². The average molecular weight is 285 g/mol. The molecule has 0 bridgehead atoms. The molecule has 0 atom stereocenters. The second-order valence-corrected chi connectivity index (χ2v) is 5.74. The Morgan fingerprint density at radius 3 is 2.62 bits per heavy atom. The first-order valence-corrected chi connectivity index (χ1v) is 7.64. The molecule has 1 heterocycles. The normalized spacial score (nSPS) is 15.0. The highest BCUT2D eigenvalue weighted by Crippen LogP contribution is 2.32. The van der Waals surface area contributed by atoms with Crippen LogP contribution in [0.4, 0.5) is 0 Å². The van der Waals surface area contributed by atoms with Gasteiger partial charge in [0.15, 0.2) is 0 Å². The summed E-state index contributed by atoms with van der Waals surface area (Å²) >= 11 is 0. The van der Waals surface area contributed by atoms with E-state index in [4.69, 9.17) is 4.74 Å². The minimum absolute atomic E-state index is 0.639. The highest BCUT2D eigenvalue weighted by Gasteiger charge is 2.22. The molecule has 1 N–H and O–H groups in total. The molecule has 0 saturated heterocycles. The summed E-state index contributed by atoms with van der Waals surface area (Å²) in [6.45, 7) is 3.90. The fourth-order valence-corrected chi connectivity index (χ4v) is 2.72.